The van der Waals surface area contributed by atoms with Crippen LogP contribution in [0.1, 0.15) is 26.2 Å². The second kappa shape index (κ2) is 8.48. The van der Waals surface area contributed by atoms with E-state index >= 15 is 0 Å². The van der Waals surface area contributed by atoms with E-state index in [-0.39, 0.29) is 0 Å². The molecule has 0 unspecified atom stereocenters. The molecule has 0 aromatic carbocycles. The van der Waals surface area contributed by atoms with Gasteiger partial charge in [0.05, 0.1) is 12.8 Å². The SMILES string of the molecule is CCCO.O=C(O)CC(O)(CC(=O)O)C(=O)O. The van der Waals surface area contributed by atoms with Crippen molar-refractivity contribution in [2.75, 3.05) is 6.61 Å². The standard InChI is InChI=1S/C6H8O7.C3H8O/c7-3(8)1-6(13,5(11)12)2-4(9)10;1-2-3-4/h13H,1-2H2,(H,7,8)(H,9,10)(H,11,12);4H,2-3H2,1H3. The summed E-state index contributed by atoms with van der Waals surface area (Å²) in [5.74, 6) is -5.02. The lowest BCUT2D eigenvalue weighted by Gasteiger charge is -2.18. The fraction of sp³-hybridized carbons (Fsp3) is 0.667. The Morgan fingerprint density at radius 1 is 1.00 bits per heavy atom. The van der Waals surface area contributed by atoms with Gasteiger partial charge >= 0.3 is 17.9 Å². The molecule has 0 aromatic heterocycles. The van der Waals surface area contributed by atoms with E-state index in [1.54, 1.807) is 0 Å². The van der Waals surface area contributed by atoms with Crippen LogP contribution >= 0.6 is 0 Å². The zero-order valence-corrected chi connectivity index (χ0v) is 9.29. The first-order valence-electron chi connectivity index (χ1n) is 4.69. The van der Waals surface area contributed by atoms with Crippen molar-refractivity contribution < 1.29 is 39.9 Å². The molecule has 0 bridgehead atoms. The number of carbonyl (C=O) groups is 3. The summed E-state index contributed by atoms with van der Waals surface area (Å²) in [6, 6.07) is 0. The lowest BCUT2D eigenvalue weighted by atomic mass is 9.96. The highest BCUT2D eigenvalue weighted by atomic mass is 16.4. The van der Waals surface area contributed by atoms with Gasteiger partial charge in [-0.2, -0.15) is 0 Å². The highest BCUT2D eigenvalue weighted by Crippen LogP contribution is 2.15. The van der Waals surface area contributed by atoms with Gasteiger partial charge in [0, 0.05) is 6.61 Å². The first-order valence-corrected chi connectivity index (χ1v) is 4.69. The molecule has 100 valence electrons. The maximum atomic E-state index is 10.3. The van der Waals surface area contributed by atoms with Crippen LogP contribution in [0.25, 0.3) is 0 Å². The Kier molecular flexibility index (Phi) is 8.84. The van der Waals surface area contributed by atoms with Crippen molar-refractivity contribution in [3.8, 4) is 0 Å². The van der Waals surface area contributed by atoms with Crippen LogP contribution in [-0.2, 0) is 14.4 Å². The van der Waals surface area contributed by atoms with E-state index in [4.69, 9.17) is 25.5 Å². The molecule has 0 saturated carbocycles. The minimum atomic E-state index is -2.74. The topological polar surface area (TPSA) is 152 Å². The maximum Gasteiger partial charge on any atom is 0.336 e. The molecule has 5 N–H and O–H groups in total. The smallest absolute Gasteiger partial charge is 0.336 e. The van der Waals surface area contributed by atoms with Crippen molar-refractivity contribution in [3.05, 3.63) is 0 Å². The van der Waals surface area contributed by atoms with Crippen LogP contribution in [0.2, 0.25) is 0 Å². The van der Waals surface area contributed by atoms with Crippen molar-refractivity contribution >= 4 is 17.9 Å². The number of aliphatic carboxylic acids is 3. The molecule has 0 heterocycles. The number of hydrogen-bond donors (Lipinski definition) is 5. The van der Waals surface area contributed by atoms with Crippen LogP contribution in [0.5, 0.6) is 0 Å². The normalized spacial score (nSPS) is 10.1. The van der Waals surface area contributed by atoms with Crippen molar-refractivity contribution in [2.45, 2.75) is 31.8 Å². The van der Waals surface area contributed by atoms with Gasteiger partial charge in [0.2, 0.25) is 0 Å². The van der Waals surface area contributed by atoms with Crippen LogP contribution < -0.4 is 0 Å². The fourth-order valence-corrected chi connectivity index (χ4v) is 0.714. The molecule has 8 heteroatoms. The predicted octanol–water partition coefficient (Wildman–Crippen LogP) is -0.860. The van der Waals surface area contributed by atoms with Crippen molar-refractivity contribution in [2.24, 2.45) is 0 Å². The molecular weight excluding hydrogens is 236 g/mol. The van der Waals surface area contributed by atoms with Crippen LogP contribution in [-0.4, -0.2) is 55.6 Å². The van der Waals surface area contributed by atoms with Crippen LogP contribution in [0.15, 0.2) is 0 Å². The summed E-state index contributed by atoms with van der Waals surface area (Å²) in [4.78, 5) is 30.5. The van der Waals surface area contributed by atoms with Gasteiger partial charge in [-0.05, 0) is 6.42 Å². The Morgan fingerprint density at radius 3 is 1.41 bits per heavy atom. The molecule has 0 spiro atoms. The summed E-state index contributed by atoms with van der Waals surface area (Å²) in [6.07, 6.45) is -1.41. The van der Waals surface area contributed by atoms with Gasteiger partial charge in [-0.3, -0.25) is 9.59 Å². The monoisotopic (exact) mass is 252 g/mol. The molecule has 0 atom stereocenters. The van der Waals surface area contributed by atoms with Gasteiger partial charge in [-0.1, -0.05) is 6.92 Å². The van der Waals surface area contributed by atoms with Crippen molar-refractivity contribution in [1.82, 2.24) is 0 Å². The lowest BCUT2D eigenvalue weighted by Crippen LogP contribution is -2.42. The van der Waals surface area contributed by atoms with Crippen LogP contribution in [0.3, 0.4) is 0 Å². The highest BCUT2D eigenvalue weighted by Gasteiger charge is 2.40. The number of carboxylic acid groups (broad SMARTS) is 3. The summed E-state index contributed by atoms with van der Waals surface area (Å²) in [6.45, 7) is 2.25. The van der Waals surface area contributed by atoms with Gasteiger partial charge in [0.25, 0.3) is 0 Å². The highest BCUT2D eigenvalue weighted by molar-refractivity contribution is 5.88. The van der Waals surface area contributed by atoms with Crippen molar-refractivity contribution in [3.63, 3.8) is 0 Å². The third-order valence-corrected chi connectivity index (χ3v) is 1.51. The Balaban J connectivity index is 0. The minimum absolute atomic E-state index is 0.319. The van der Waals surface area contributed by atoms with E-state index in [0.29, 0.717) is 6.61 Å². The molecule has 0 amide bonds. The number of rotatable bonds is 6. The average molecular weight is 252 g/mol. The lowest BCUT2D eigenvalue weighted by molar-refractivity contribution is -0.170. The molecule has 0 saturated heterocycles. The van der Waals surface area contributed by atoms with Gasteiger partial charge < -0.3 is 25.5 Å². The van der Waals surface area contributed by atoms with E-state index in [0.717, 1.165) is 6.42 Å². The van der Waals surface area contributed by atoms with E-state index in [1.807, 2.05) is 6.92 Å². The van der Waals surface area contributed by atoms with Crippen LogP contribution in [0.4, 0.5) is 0 Å². The molecule has 8 nitrogen and oxygen atoms in total. The van der Waals surface area contributed by atoms with E-state index < -0.39 is 36.4 Å². The fourth-order valence-electron chi connectivity index (χ4n) is 0.714. The summed E-state index contributed by atoms with van der Waals surface area (Å²) >= 11 is 0. The van der Waals surface area contributed by atoms with Crippen LogP contribution in [0, 0.1) is 0 Å². The second-order valence-electron chi connectivity index (χ2n) is 3.20. The quantitative estimate of drug-likeness (QED) is 0.409. The Bertz CT molecular complexity index is 254. The number of aliphatic hydroxyl groups is 2. The number of aliphatic hydroxyl groups excluding tert-OH is 1. The molecule has 0 fully saturated rings. The second-order valence-corrected chi connectivity index (χ2v) is 3.20. The molecule has 0 rings (SSSR count). The molecule has 0 radical (unpaired) electrons. The Labute approximate surface area is 97.1 Å². The predicted molar refractivity (Wildman–Crippen MR) is 54.5 cm³/mol. The molecular formula is C9H16O8. The Hall–Kier alpha value is -1.67. The average Bonchev–Trinajstić information content (AvgIpc) is 2.15. The van der Waals surface area contributed by atoms with Gasteiger partial charge in [-0.25, -0.2) is 4.79 Å². The summed E-state index contributed by atoms with van der Waals surface area (Å²) in [7, 11) is 0. The van der Waals surface area contributed by atoms with E-state index in [1.165, 1.54) is 0 Å². The molecule has 0 aliphatic heterocycles. The summed E-state index contributed by atoms with van der Waals surface area (Å²) in [5.41, 5.74) is -2.74. The maximum absolute atomic E-state index is 10.3. The van der Waals surface area contributed by atoms with Gasteiger partial charge in [-0.15, -0.1) is 0 Å². The number of carboxylic acids is 3. The van der Waals surface area contributed by atoms with E-state index in [2.05, 4.69) is 0 Å². The first-order chi connectivity index (χ1) is 7.69. The zero-order valence-electron chi connectivity index (χ0n) is 9.29. The summed E-state index contributed by atoms with van der Waals surface area (Å²) in [5, 5.41) is 41.7. The molecule has 0 aliphatic carbocycles. The molecule has 0 aliphatic rings. The molecule has 0 aromatic rings. The van der Waals surface area contributed by atoms with Gasteiger partial charge in [0.15, 0.2) is 5.60 Å². The first kappa shape index (κ1) is 17.7. The minimum Gasteiger partial charge on any atom is -0.481 e. The largest absolute Gasteiger partial charge is 0.481 e. The molecule has 17 heavy (non-hydrogen) atoms. The zero-order chi connectivity index (χ0) is 14.1. The summed E-state index contributed by atoms with van der Waals surface area (Å²) < 4.78 is 0. The van der Waals surface area contributed by atoms with Crippen molar-refractivity contribution in [1.29, 1.82) is 0 Å². The third kappa shape index (κ3) is 9.27. The van der Waals surface area contributed by atoms with Gasteiger partial charge in [0.1, 0.15) is 0 Å². The Morgan fingerprint density at radius 2 is 1.29 bits per heavy atom. The number of hydrogen-bond acceptors (Lipinski definition) is 5. The third-order valence-electron chi connectivity index (χ3n) is 1.51. The van der Waals surface area contributed by atoms with E-state index in [9.17, 15) is 14.4 Å².